The van der Waals surface area contributed by atoms with E-state index in [9.17, 15) is 8.78 Å². The minimum absolute atomic E-state index is 0.392. The van der Waals surface area contributed by atoms with Crippen LogP contribution in [0.3, 0.4) is 0 Å². The van der Waals surface area contributed by atoms with Crippen LogP contribution in [0.5, 0.6) is 0 Å². The molecule has 2 N–H and O–H groups in total. The van der Waals surface area contributed by atoms with Gasteiger partial charge in [0.2, 0.25) is 0 Å². The Hall–Kier alpha value is -2.01. The zero-order chi connectivity index (χ0) is 19.1. The molecule has 1 aliphatic rings. The molecule has 1 aromatic heterocycles. The summed E-state index contributed by atoms with van der Waals surface area (Å²) in [5.41, 5.74) is 8.69. The van der Waals surface area contributed by atoms with Crippen molar-refractivity contribution in [3.63, 3.8) is 0 Å². The van der Waals surface area contributed by atoms with Crippen LogP contribution >= 0.6 is 0 Å². The minimum atomic E-state index is -0.781. The number of nitrogen functional groups attached to an aromatic ring is 1. The fourth-order valence-corrected chi connectivity index (χ4v) is 3.13. The molecule has 1 aromatic carbocycles. The van der Waals surface area contributed by atoms with Crippen molar-refractivity contribution in [2.24, 2.45) is 0 Å². The summed E-state index contributed by atoms with van der Waals surface area (Å²) in [6.45, 7) is 6.48. The van der Waals surface area contributed by atoms with Gasteiger partial charge in [-0.25, -0.2) is 13.8 Å². The van der Waals surface area contributed by atoms with Crippen molar-refractivity contribution in [2.45, 2.75) is 46.0 Å². The number of hydrogen-bond acceptors (Lipinski definition) is 3. The van der Waals surface area contributed by atoms with Gasteiger partial charge >= 0.3 is 0 Å². The molecular formula is C21H29F2N3. The van der Waals surface area contributed by atoms with Gasteiger partial charge in [0, 0.05) is 5.69 Å². The number of rotatable bonds is 4. The van der Waals surface area contributed by atoms with E-state index in [0.717, 1.165) is 16.8 Å². The summed E-state index contributed by atoms with van der Waals surface area (Å²) in [5.74, 6) is -1.09. The van der Waals surface area contributed by atoms with Crippen molar-refractivity contribution in [1.82, 2.24) is 9.88 Å². The molecule has 2 aromatic rings. The zero-order valence-electron chi connectivity index (χ0n) is 16.0. The van der Waals surface area contributed by atoms with E-state index in [4.69, 9.17) is 5.73 Å². The summed E-state index contributed by atoms with van der Waals surface area (Å²) in [7, 11) is 2.17. The molecule has 1 aliphatic heterocycles. The van der Waals surface area contributed by atoms with E-state index in [1.165, 1.54) is 32.0 Å². The molecule has 3 rings (SSSR count). The van der Waals surface area contributed by atoms with E-state index in [1.54, 1.807) is 12.1 Å². The summed E-state index contributed by atoms with van der Waals surface area (Å²) in [6.07, 6.45) is 4.45. The smallest absolute Gasteiger partial charge is 0.162 e. The van der Waals surface area contributed by atoms with Crippen LogP contribution in [0.4, 0.5) is 14.6 Å². The molecule has 0 spiro atoms. The van der Waals surface area contributed by atoms with E-state index >= 15 is 0 Å². The van der Waals surface area contributed by atoms with Crippen LogP contribution in [0.25, 0.3) is 0 Å². The predicted molar refractivity (Wildman–Crippen MR) is 103 cm³/mol. The number of nitrogens with two attached hydrogens (primary N) is 1. The van der Waals surface area contributed by atoms with Gasteiger partial charge in [-0.05, 0) is 94.1 Å². The topological polar surface area (TPSA) is 42.1 Å². The second-order valence-electron chi connectivity index (χ2n) is 6.98. The number of likely N-dealkylation sites (tertiary alicyclic amines) is 1. The van der Waals surface area contributed by atoms with Gasteiger partial charge in [0.1, 0.15) is 5.82 Å². The Balaban J connectivity index is 0.000000342. The van der Waals surface area contributed by atoms with E-state index in [2.05, 4.69) is 16.9 Å². The summed E-state index contributed by atoms with van der Waals surface area (Å²) in [4.78, 5) is 6.57. The van der Waals surface area contributed by atoms with Crippen molar-refractivity contribution in [2.75, 3.05) is 25.9 Å². The van der Waals surface area contributed by atoms with Gasteiger partial charge in [-0.15, -0.1) is 0 Å². The Morgan fingerprint density at radius 3 is 2.31 bits per heavy atom. The summed E-state index contributed by atoms with van der Waals surface area (Å²) in [5, 5.41) is 0. The lowest BCUT2D eigenvalue weighted by atomic mass is 10.0. The molecule has 0 atom stereocenters. The average Bonchev–Trinajstić information content (AvgIpc) is 3.06. The van der Waals surface area contributed by atoms with Gasteiger partial charge < -0.3 is 10.6 Å². The fourth-order valence-electron chi connectivity index (χ4n) is 3.13. The molecule has 5 heteroatoms. The van der Waals surface area contributed by atoms with Crippen LogP contribution in [-0.2, 0) is 19.3 Å². The summed E-state index contributed by atoms with van der Waals surface area (Å²) >= 11 is 0. The predicted octanol–water partition coefficient (Wildman–Crippen LogP) is 4.31. The first-order valence-corrected chi connectivity index (χ1v) is 9.27. The Kier molecular flexibility index (Phi) is 7.51. The number of nitrogens with zero attached hydrogens (tertiary/aromatic N) is 2. The first kappa shape index (κ1) is 20.3. The maximum atomic E-state index is 13.8. The van der Waals surface area contributed by atoms with Crippen molar-refractivity contribution < 1.29 is 8.78 Å². The third-order valence-electron chi connectivity index (χ3n) is 4.59. The molecule has 0 unspecified atom stereocenters. The van der Waals surface area contributed by atoms with Gasteiger partial charge in [-0.1, -0.05) is 13.0 Å². The molecule has 0 amide bonds. The Morgan fingerprint density at radius 1 is 1.08 bits per heavy atom. The van der Waals surface area contributed by atoms with Crippen LogP contribution in [0.1, 0.15) is 42.1 Å². The lowest BCUT2D eigenvalue weighted by Gasteiger charge is -2.08. The minimum Gasteiger partial charge on any atom is -0.384 e. The van der Waals surface area contributed by atoms with Crippen LogP contribution in [0, 0.1) is 18.6 Å². The molecule has 3 nitrogen and oxygen atoms in total. The fraction of sp³-hybridized carbons (Fsp3) is 0.476. The molecule has 1 saturated heterocycles. The molecular weight excluding hydrogens is 332 g/mol. The molecule has 2 heterocycles. The Bertz CT molecular complexity index is 705. The third kappa shape index (κ3) is 6.06. The largest absolute Gasteiger partial charge is 0.384 e. The highest BCUT2D eigenvalue weighted by Crippen LogP contribution is 2.18. The SMILES string of the molecule is CCc1cc(F)c(F)c(CCc2cc(C)cc(N)n2)c1.CN1CCCC1. The molecule has 0 bridgehead atoms. The third-order valence-corrected chi connectivity index (χ3v) is 4.59. The number of anilines is 1. The highest BCUT2D eigenvalue weighted by Gasteiger charge is 2.11. The van der Waals surface area contributed by atoms with Crippen LogP contribution in [0.15, 0.2) is 24.3 Å². The second kappa shape index (κ2) is 9.62. The number of aromatic nitrogens is 1. The van der Waals surface area contributed by atoms with Gasteiger partial charge in [-0.3, -0.25) is 0 Å². The first-order chi connectivity index (χ1) is 12.4. The van der Waals surface area contributed by atoms with Crippen molar-refractivity contribution in [3.8, 4) is 0 Å². The monoisotopic (exact) mass is 361 g/mol. The van der Waals surface area contributed by atoms with Crippen molar-refractivity contribution in [3.05, 3.63) is 58.3 Å². The molecule has 26 heavy (non-hydrogen) atoms. The maximum absolute atomic E-state index is 13.8. The van der Waals surface area contributed by atoms with E-state index in [1.807, 2.05) is 19.9 Å². The maximum Gasteiger partial charge on any atom is 0.162 e. The average molecular weight is 361 g/mol. The molecule has 142 valence electrons. The quantitative estimate of drug-likeness (QED) is 0.882. The van der Waals surface area contributed by atoms with Crippen LogP contribution in [-0.4, -0.2) is 30.0 Å². The normalized spacial score (nSPS) is 14.2. The Labute approximate surface area is 155 Å². The number of aryl methyl sites for hydroxylation is 4. The zero-order valence-corrected chi connectivity index (χ0v) is 16.0. The lowest BCUT2D eigenvalue weighted by Crippen LogP contribution is -2.10. The van der Waals surface area contributed by atoms with Gasteiger partial charge in [0.25, 0.3) is 0 Å². The van der Waals surface area contributed by atoms with Gasteiger partial charge in [-0.2, -0.15) is 0 Å². The van der Waals surface area contributed by atoms with E-state index in [0.29, 0.717) is 30.6 Å². The number of hydrogen-bond donors (Lipinski definition) is 1. The van der Waals surface area contributed by atoms with Gasteiger partial charge in [0.15, 0.2) is 11.6 Å². The molecule has 1 fully saturated rings. The Morgan fingerprint density at radius 2 is 1.77 bits per heavy atom. The number of benzene rings is 1. The second-order valence-corrected chi connectivity index (χ2v) is 6.98. The number of pyridine rings is 1. The molecule has 0 radical (unpaired) electrons. The lowest BCUT2D eigenvalue weighted by molar-refractivity contribution is 0.418. The van der Waals surface area contributed by atoms with E-state index in [-0.39, 0.29) is 0 Å². The van der Waals surface area contributed by atoms with Crippen LogP contribution < -0.4 is 5.73 Å². The van der Waals surface area contributed by atoms with Crippen molar-refractivity contribution >= 4 is 5.82 Å². The molecule has 0 saturated carbocycles. The van der Waals surface area contributed by atoms with Gasteiger partial charge in [0.05, 0.1) is 0 Å². The standard InChI is InChI=1S/C16H18F2N2.C5H11N/c1-3-11-8-12(16(18)14(17)9-11)4-5-13-6-10(2)7-15(19)20-13;1-6-4-2-3-5-6/h6-9H,3-5H2,1-2H3,(H2,19,20);2-5H2,1H3. The highest BCUT2D eigenvalue weighted by atomic mass is 19.2. The van der Waals surface area contributed by atoms with Crippen molar-refractivity contribution in [1.29, 1.82) is 0 Å². The van der Waals surface area contributed by atoms with E-state index < -0.39 is 11.6 Å². The van der Waals surface area contributed by atoms with Crippen LogP contribution in [0.2, 0.25) is 0 Å². The first-order valence-electron chi connectivity index (χ1n) is 9.27. The highest BCUT2D eigenvalue weighted by molar-refractivity contribution is 5.35. The summed E-state index contributed by atoms with van der Waals surface area (Å²) < 4.78 is 27.2. The summed E-state index contributed by atoms with van der Waals surface area (Å²) in [6, 6.07) is 6.66. The molecule has 0 aliphatic carbocycles. The number of halogens is 2.